The van der Waals surface area contributed by atoms with Crippen LogP contribution in [-0.4, -0.2) is 27.7 Å². The summed E-state index contributed by atoms with van der Waals surface area (Å²) >= 11 is 0. The van der Waals surface area contributed by atoms with Gasteiger partial charge in [0.2, 0.25) is 5.96 Å². The van der Waals surface area contributed by atoms with Gasteiger partial charge < -0.3 is 11.5 Å². The Morgan fingerprint density at radius 2 is 1.78 bits per heavy atom. The minimum atomic E-state index is -1.25. The standard InChI is InChI=1S/C10H12N4.H2NO3/c11-10(12)14-13-8-4-7-9-5-2-1-3-6-9;2-1(3)4/h1-8H,(H4,11,12,14);(H2,2,3,4)/q;+1/b7-4+,13-8+;. The van der Waals surface area contributed by atoms with Crippen molar-refractivity contribution in [1.29, 1.82) is 0 Å². The van der Waals surface area contributed by atoms with Crippen LogP contribution in [0.25, 0.3) is 6.08 Å². The van der Waals surface area contributed by atoms with E-state index >= 15 is 0 Å². The lowest BCUT2D eigenvalue weighted by molar-refractivity contribution is -0.969. The lowest BCUT2D eigenvalue weighted by Crippen LogP contribution is -2.21. The van der Waals surface area contributed by atoms with Crippen molar-refractivity contribution in [3.05, 3.63) is 46.9 Å². The van der Waals surface area contributed by atoms with Gasteiger partial charge in [0.15, 0.2) is 0 Å². The molecule has 1 rings (SSSR count). The van der Waals surface area contributed by atoms with Crippen LogP contribution in [0.1, 0.15) is 5.56 Å². The Labute approximate surface area is 103 Å². The van der Waals surface area contributed by atoms with Crippen LogP contribution in [0.3, 0.4) is 0 Å². The number of guanidine groups is 1. The molecule has 0 unspecified atom stereocenters. The van der Waals surface area contributed by atoms with Gasteiger partial charge in [-0.25, -0.2) is 10.4 Å². The minimum absolute atomic E-state index is 0.0469. The molecule has 1 aromatic rings. The van der Waals surface area contributed by atoms with E-state index in [-0.39, 0.29) is 5.96 Å². The lowest BCUT2D eigenvalue weighted by Gasteiger charge is -1.87. The first-order valence-electron chi connectivity index (χ1n) is 4.71. The number of nitrogens with zero attached hydrogens (tertiary/aromatic N) is 3. The predicted octanol–water partition coefficient (Wildman–Crippen LogP) is 0.503. The van der Waals surface area contributed by atoms with E-state index in [0.717, 1.165) is 5.56 Å². The van der Waals surface area contributed by atoms with E-state index in [2.05, 4.69) is 10.2 Å². The molecule has 0 heterocycles. The van der Waals surface area contributed by atoms with Crippen molar-refractivity contribution in [2.24, 2.45) is 21.7 Å². The minimum Gasteiger partial charge on any atom is -0.369 e. The van der Waals surface area contributed by atoms with Crippen LogP contribution in [0, 0.1) is 4.91 Å². The highest BCUT2D eigenvalue weighted by molar-refractivity contribution is 5.80. The van der Waals surface area contributed by atoms with Crippen LogP contribution in [-0.2, 0) is 0 Å². The number of allylic oxidation sites excluding steroid dienone is 1. The summed E-state index contributed by atoms with van der Waals surface area (Å²) in [7, 11) is 0. The maximum absolute atomic E-state index is 8.47. The highest BCUT2D eigenvalue weighted by Crippen LogP contribution is 1.99. The second kappa shape index (κ2) is 9.33. The molecule has 0 saturated heterocycles. The molecular weight excluding hydrogens is 238 g/mol. The van der Waals surface area contributed by atoms with Gasteiger partial charge in [-0.15, -0.1) is 5.10 Å². The number of hydrogen-bond donors (Lipinski definition) is 4. The molecule has 0 atom stereocenters. The van der Waals surface area contributed by atoms with Crippen LogP contribution >= 0.6 is 0 Å². The van der Waals surface area contributed by atoms with Gasteiger partial charge in [-0.05, 0) is 11.6 Å². The summed E-state index contributed by atoms with van der Waals surface area (Å²) in [5.74, 6) is -0.0469. The van der Waals surface area contributed by atoms with E-state index in [1.165, 1.54) is 6.21 Å². The molecule has 0 saturated carbocycles. The van der Waals surface area contributed by atoms with Crippen molar-refractivity contribution >= 4 is 18.3 Å². The second-order valence-electron chi connectivity index (χ2n) is 2.81. The molecule has 0 fully saturated rings. The molecule has 8 heteroatoms. The predicted molar refractivity (Wildman–Crippen MR) is 67.0 cm³/mol. The highest BCUT2D eigenvalue weighted by Gasteiger charge is 1.80. The van der Waals surface area contributed by atoms with Crippen molar-refractivity contribution in [2.45, 2.75) is 0 Å². The zero-order valence-corrected chi connectivity index (χ0v) is 9.42. The second-order valence-corrected chi connectivity index (χ2v) is 2.81. The summed E-state index contributed by atoms with van der Waals surface area (Å²) in [6.07, 6.45) is 5.19. The molecule has 1 aromatic carbocycles. The molecule has 96 valence electrons. The molecule has 0 radical (unpaired) electrons. The molecule has 0 aromatic heterocycles. The fourth-order valence-electron chi connectivity index (χ4n) is 0.857. The normalized spacial score (nSPS) is 9.78. The molecule has 6 N–H and O–H groups in total. The zero-order chi connectivity index (χ0) is 13.8. The first kappa shape index (κ1) is 15.1. The summed E-state index contributed by atoms with van der Waals surface area (Å²) in [5.41, 5.74) is 11.3. The van der Waals surface area contributed by atoms with Gasteiger partial charge in [-0.3, -0.25) is 0 Å². The molecule has 0 amide bonds. The topological polar surface area (TPSA) is 137 Å². The summed E-state index contributed by atoms with van der Waals surface area (Å²) in [6, 6.07) is 9.88. The molecule has 0 aliphatic carbocycles. The third kappa shape index (κ3) is 11.2. The van der Waals surface area contributed by atoms with E-state index < -0.39 is 5.09 Å². The summed E-state index contributed by atoms with van der Waals surface area (Å²) in [5, 5.41) is 19.6. The average molecular weight is 252 g/mol. The van der Waals surface area contributed by atoms with E-state index in [1.54, 1.807) is 6.08 Å². The summed E-state index contributed by atoms with van der Waals surface area (Å²) in [4.78, 5) is 8.47. The average Bonchev–Trinajstić information content (AvgIpc) is 2.29. The first-order chi connectivity index (χ1) is 8.52. The van der Waals surface area contributed by atoms with E-state index in [0.29, 0.717) is 0 Å². The largest absolute Gasteiger partial charge is 0.472 e. The SMILES string of the molecule is NC(N)=N/N=C/C=C/c1ccccc1.O=[N+](O)O. The van der Waals surface area contributed by atoms with Crippen LogP contribution in [0.4, 0.5) is 0 Å². The molecule has 8 nitrogen and oxygen atoms in total. The maximum Gasteiger partial charge on any atom is 0.472 e. The number of hydrogen-bond acceptors (Lipinski definition) is 3. The molecule has 0 aliphatic rings. The molecular formula is C10H14N5O3+. The Balaban J connectivity index is 0.000000631. The first-order valence-corrected chi connectivity index (χ1v) is 4.71. The van der Waals surface area contributed by atoms with Crippen molar-refractivity contribution in [3.63, 3.8) is 0 Å². The Bertz CT molecular complexity index is 434. The third-order valence-corrected chi connectivity index (χ3v) is 1.41. The zero-order valence-electron chi connectivity index (χ0n) is 9.42. The molecule has 0 spiro atoms. The number of nitrogens with two attached hydrogens (primary N) is 2. The summed E-state index contributed by atoms with van der Waals surface area (Å²) < 4.78 is 0. The fourth-order valence-corrected chi connectivity index (χ4v) is 0.857. The van der Waals surface area contributed by atoms with Crippen LogP contribution in [0.15, 0.2) is 46.6 Å². The van der Waals surface area contributed by atoms with Crippen LogP contribution in [0.2, 0.25) is 0 Å². The van der Waals surface area contributed by atoms with Gasteiger partial charge in [0.25, 0.3) is 0 Å². The number of benzene rings is 1. The lowest BCUT2D eigenvalue weighted by atomic mass is 10.2. The highest BCUT2D eigenvalue weighted by atomic mass is 16.9. The van der Waals surface area contributed by atoms with Gasteiger partial charge in [0.1, 0.15) is 4.91 Å². The maximum atomic E-state index is 8.47. The van der Waals surface area contributed by atoms with Gasteiger partial charge in [0, 0.05) is 6.21 Å². The third-order valence-electron chi connectivity index (χ3n) is 1.41. The van der Waals surface area contributed by atoms with Gasteiger partial charge in [-0.2, -0.15) is 5.10 Å². The van der Waals surface area contributed by atoms with Gasteiger partial charge in [0.05, 0.1) is 0 Å². The Kier molecular flexibility index (Phi) is 7.83. The quantitative estimate of drug-likeness (QED) is 0.352. The fraction of sp³-hybridized carbons (Fsp3) is 0. The Hall–Kier alpha value is -2.90. The monoisotopic (exact) mass is 252 g/mol. The van der Waals surface area contributed by atoms with Gasteiger partial charge in [-0.1, -0.05) is 36.4 Å². The molecule has 0 aliphatic heterocycles. The number of rotatable bonds is 3. The Morgan fingerprint density at radius 3 is 2.28 bits per heavy atom. The smallest absolute Gasteiger partial charge is 0.369 e. The van der Waals surface area contributed by atoms with Crippen molar-refractivity contribution in [3.8, 4) is 0 Å². The van der Waals surface area contributed by atoms with E-state index in [9.17, 15) is 0 Å². The molecule has 18 heavy (non-hydrogen) atoms. The van der Waals surface area contributed by atoms with Gasteiger partial charge >= 0.3 is 5.09 Å². The Morgan fingerprint density at radius 1 is 1.22 bits per heavy atom. The molecule has 0 bridgehead atoms. The van der Waals surface area contributed by atoms with E-state index in [1.807, 2.05) is 36.4 Å². The summed E-state index contributed by atoms with van der Waals surface area (Å²) in [6.45, 7) is 0. The van der Waals surface area contributed by atoms with E-state index in [4.69, 9.17) is 26.8 Å². The van der Waals surface area contributed by atoms with Crippen LogP contribution in [0.5, 0.6) is 0 Å². The van der Waals surface area contributed by atoms with Crippen LogP contribution < -0.4 is 11.5 Å². The van der Waals surface area contributed by atoms with Crippen molar-refractivity contribution in [2.75, 3.05) is 0 Å². The van der Waals surface area contributed by atoms with Crippen molar-refractivity contribution < 1.29 is 15.5 Å². The van der Waals surface area contributed by atoms with Crippen molar-refractivity contribution in [1.82, 2.24) is 0 Å².